The van der Waals surface area contributed by atoms with Crippen molar-refractivity contribution in [2.45, 2.75) is 352 Å². The minimum Gasteiger partial charge on any atom is -0.394 e. The highest BCUT2D eigenvalue weighted by Crippen LogP contribution is 2.23. The zero-order chi connectivity index (χ0) is 61.4. The Morgan fingerprint density at radius 2 is 0.729 bits per heavy atom. The van der Waals surface area contributed by atoms with Gasteiger partial charge in [-0.1, -0.05) is 329 Å². The van der Waals surface area contributed by atoms with Gasteiger partial charge in [-0.05, 0) is 83.5 Å². The lowest BCUT2D eigenvalue weighted by molar-refractivity contribution is -0.302. The first-order valence-electron chi connectivity index (χ1n) is 35.6. The first-order chi connectivity index (χ1) is 41.8. The average molecular weight is 1190 g/mol. The number of unbranched alkanes of at least 4 members (excludes halogenated alkanes) is 33. The highest BCUT2D eigenvalue weighted by atomic mass is 16.7. The van der Waals surface area contributed by atoms with Gasteiger partial charge in [0, 0.05) is 6.42 Å². The lowest BCUT2D eigenvalue weighted by Crippen LogP contribution is -2.60. The second-order valence-corrected chi connectivity index (χ2v) is 24.3. The Kier molecular flexibility index (Phi) is 60.0. The van der Waals surface area contributed by atoms with Crippen molar-refractivity contribution < 1.29 is 39.8 Å². The molecule has 6 N–H and O–H groups in total. The molecule has 0 bridgehead atoms. The number of amides is 1. The van der Waals surface area contributed by atoms with Crippen LogP contribution >= 0.6 is 0 Å². The molecule has 1 heterocycles. The van der Waals surface area contributed by atoms with E-state index in [4.69, 9.17) is 9.47 Å². The number of hydrogen-bond acceptors (Lipinski definition) is 8. The van der Waals surface area contributed by atoms with E-state index in [9.17, 15) is 30.3 Å². The van der Waals surface area contributed by atoms with E-state index in [2.05, 4.69) is 129 Å². The summed E-state index contributed by atoms with van der Waals surface area (Å²) in [5, 5.41) is 54.9. The van der Waals surface area contributed by atoms with Gasteiger partial charge in [-0.15, -0.1) is 0 Å². The van der Waals surface area contributed by atoms with E-state index < -0.39 is 49.5 Å². The lowest BCUT2D eigenvalue weighted by Gasteiger charge is -2.40. The van der Waals surface area contributed by atoms with Crippen LogP contribution in [0.2, 0.25) is 0 Å². The van der Waals surface area contributed by atoms with Gasteiger partial charge in [0.2, 0.25) is 5.91 Å². The molecule has 0 spiro atoms. The molecule has 7 unspecified atom stereocenters. The molecule has 0 saturated carbocycles. The Bertz CT molecular complexity index is 1710. The molecule has 1 aliphatic rings. The van der Waals surface area contributed by atoms with Gasteiger partial charge in [-0.2, -0.15) is 0 Å². The quantitative estimate of drug-likeness (QED) is 0.0261. The van der Waals surface area contributed by atoms with E-state index >= 15 is 0 Å². The molecular formula is C76H133NO8. The minimum atomic E-state index is -1.56. The summed E-state index contributed by atoms with van der Waals surface area (Å²) in [5.74, 6) is -0.148. The second-order valence-electron chi connectivity index (χ2n) is 24.3. The standard InChI is InChI=1S/C76H133NO8/c1-3-5-7-9-11-13-15-17-19-21-23-25-27-28-29-30-31-32-33-34-35-36-37-38-39-40-41-42-44-46-48-50-52-54-56-58-60-62-64-66-72(80)77-69(68-84-76-75(83)74(82)73(81)71(67-78)85-76)70(79)65-63-61-59-57-55-53-51-49-47-45-43-26-24-22-20-18-16-14-12-10-8-6-4-2/h5,7,11,13,17,19,23,25,28-29,31-32,34-35,37-38,40-41,69-71,73-76,78-79,81-83H,3-4,6,8-10,12,14-16,18,20-22,24,26-27,30,33,36,39,42-68H2,1-2H3,(H,77,80)/b7-5-,13-11-,19-17-,25-23-,29-28-,32-31-,35-34-,38-37-,41-40-. The van der Waals surface area contributed by atoms with Crippen molar-refractivity contribution in [2.75, 3.05) is 13.2 Å². The molecule has 0 aromatic carbocycles. The zero-order valence-corrected chi connectivity index (χ0v) is 54.8. The summed E-state index contributed by atoms with van der Waals surface area (Å²) in [5.41, 5.74) is 0. The first kappa shape index (κ1) is 79.9. The van der Waals surface area contributed by atoms with Crippen LogP contribution in [0.4, 0.5) is 0 Å². The number of allylic oxidation sites excluding steroid dienone is 18. The molecule has 1 fully saturated rings. The van der Waals surface area contributed by atoms with Crippen LogP contribution in [0.3, 0.4) is 0 Å². The van der Waals surface area contributed by atoms with Crippen LogP contribution in [0.25, 0.3) is 0 Å². The van der Waals surface area contributed by atoms with Gasteiger partial charge >= 0.3 is 0 Å². The van der Waals surface area contributed by atoms with Crippen LogP contribution < -0.4 is 5.32 Å². The molecule has 1 amide bonds. The summed E-state index contributed by atoms with van der Waals surface area (Å²) < 4.78 is 11.4. The Morgan fingerprint density at radius 3 is 1.08 bits per heavy atom. The molecular weight excluding hydrogens is 1050 g/mol. The molecule has 1 aliphatic heterocycles. The Morgan fingerprint density at radius 1 is 0.412 bits per heavy atom. The molecule has 9 heteroatoms. The number of nitrogens with one attached hydrogen (secondary N) is 1. The van der Waals surface area contributed by atoms with Crippen molar-refractivity contribution in [2.24, 2.45) is 0 Å². The Balaban J connectivity index is 2.12. The summed E-state index contributed by atoms with van der Waals surface area (Å²) in [7, 11) is 0. The van der Waals surface area contributed by atoms with E-state index in [1.807, 2.05) is 0 Å². The SMILES string of the molecule is CC/C=C\C/C=C\C/C=C\C/C=C\C/C=C\C/C=C\C/C=C\C/C=C\C/C=C\CCCCCCCCCCCCCC(=O)NC(COC1OC(CO)C(O)C(O)C1O)C(O)CCCCCCCCCCCCCCCCCCCCCCCCC. The van der Waals surface area contributed by atoms with Crippen LogP contribution in [-0.4, -0.2) is 87.5 Å². The first-order valence-corrected chi connectivity index (χ1v) is 35.6. The number of carbonyl (C=O) groups is 1. The summed E-state index contributed by atoms with van der Waals surface area (Å²) in [6.45, 7) is 3.75. The fourth-order valence-electron chi connectivity index (χ4n) is 10.9. The summed E-state index contributed by atoms with van der Waals surface area (Å²) in [6.07, 6.45) is 87.2. The molecule has 490 valence electrons. The molecule has 0 radical (unpaired) electrons. The molecule has 0 aliphatic carbocycles. The molecule has 9 nitrogen and oxygen atoms in total. The van der Waals surface area contributed by atoms with Gasteiger partial charge in [-0.3, -0.25) is 4.79 Å². The van der Waals surface area contributed by atoms with Gasteiger partial charge in [0.05, 0.1) is 25.4 Å². The number of rotatable bonds is 61. The molecule has 85 heavy (non-hydrogen) atoms. The van der Waals surface area contributed by atoms with Crippen molar-refractivity contribution in [1.29, 1.82) is 0 Å². The average Bonchev–Trinajstić information content (AvgIpc) is 3.66. The van der Waals surface area contributed by atoms with Crippen molar-refractivity contribution >= 4 is 5.91 Å². The Hall–Kier alpha value is -3.15. The number of aliphatic hydroxyl groups is 5. The predicted molar refractivity (Wildman–Crippen MR) is 364 cm³/mol. The molecule has 0 aromatic heterocycles. The monoisotopic (exact) mass is 1190 g/mol. The van der Waals surface area contributed by atoms with Crippen LogP contribution in [0, 0.1) is 0 Å². The van der Waals surface area contributed by atoms with Crippen molar-refractivity contribution in [3.63, 3.8) is 0 Å². The van der Waals surface area contributed by atoms with Gasteiger partial charge in [0.1, 0.15) is 24.4 Å². The minimum absolute atomic E-state index is 0.142. The topological polar surface area (TPSA) is 149 Å². The second kappa shape index (κ2) is 63.9. The van der Waals surface area contributed by atoms with Crippen molar-refractivity contribution in [1.82, 2.24) is 5.32 Å². The molecule has 7 atom stereocenters. The zero-order valence-electron chi connectivity index (χ0n) is 54.8. The molecule has 1 saturated heterocycles. The van der Waals surface area contributed by atoms with Gasteiger partial charge in [0.25, 0.3) is 0 Å². The fraction of sp³-hybridized carbons (Fsp3) is 0.750. The number of carbonyl (C=O) groups excluding carboxylic acids is 1. The molecule has 1 rings (SSSR count). The number of ether oxygens (including phenoxy) is 2. The Labute approximate surface area is 523 Å². The van der Waals surface area contributed by atoms with Crippen LogP contribution in [-0.2, 0) is 14.3 Å². The number of aliphatic hydroxyl groups excluding tert-OH is 5. The fourth-order valence-corrected chi connectivity index (χ4v) is 10.9. The normalized spacial score (nSPS) is 18.8. The van der Waals surface area contributed by atoms with Gasteiger partial charge in [-0.25, -0.2) is 0 Å². The smallest absolute Gasteiger partial charge is 0.220 e. The van der Waals surface area contributed by atoms with Crippen LogP contribution in [0.1, 0.15) is 309 Å². The highest BCUT2D eigenvalue weighted by molar-refractivity contribution is 5.76. The lowest BCUT2D eigenvalue weighted by atomic mass is 9.99. The summed E-state index contributed by atoms with van der Waals surface area (Å²) in [6, 6.07) is -0.729. The maximum Gasteiger partial charge on any atom is 0.220 e. The number of hydrogen-bond donors (Lipinski definition) is 6. The molecule has 0 aromatic rings. The third kappa shape index (κ3) is 52.5. The largest absolute Gasteiger partial charge is 0.394 e. The van der Waals surface area contributed by atoms with E-state index in [0.717, 1.165) is 103 Å². The third-order valence-electron chi connectivity index (χ3n) is 16.4. The van der Waals surface area contributed by atoms with Gasteiger partial charge in [0.15, 0.2) is 6.29 Å². The van der Waals surface area contributed by atoms with Gasteiger partial charge < -0.3 is 40.3 Å². The highest BCUT2D eigenvalue weighted by Gasteiger charge is 2.44. The van der Waals surface area contributed by atoms with E-state index in [0.29, 0.717) is 12.8 Å². The van der Waals surface area contributed by atoms with Crippen molar-refractivity contribution in [3.8, 4) is 0 Å². The summed E-state index contributed by atoms with van der Waals surface area (Å²) in [4.78, 5) is 13.2. The maximum absolute atomic E-state index is 13.2. The predicted octanol–water partition coefficient (Wildman–Crippen LogP) is 19.6. The van der Waals surface area contributed by atoms with Crippen molar-refractivity contribution in [3.05, 3.63) is 109 Å². The van der Waals surface area contributed by atoms with Crippen LogP contribution in [0.5, 0.6) is 0 Å². The third-order valence-corrected chi connectivity index (χ3v) is 16.4. The van der Waals surface area contributed by atoms with Crippen LogP contribution in [0.15, 0.2) is 109 Å². The van der Waals surface area contributed by atoms with E-state index in [1.54, 1.807) is 0 Å². The maximum atomic E-state index is 13.2. The summed E-state index contributed by atoms with van der Waals surface area (Å²) >= 11 is 0. The van der Waals surface area contributed by atoms with E-state index in [1.165, 1.54) is 180 Å². The van der Waals surface area contributed by atoms with E-state index in [-0.39, 0.29) is 12.5 Å².